The predicted octanol–water partition coefficient (Wildman–Crippen LogP) is 1.25. The fraction of sp³-hybridized carbons (Fsp3) is 0.538. The topological polar surface area (TPSA) is 58.2 Å². The summed E-state index contributed by atoms with van der Waals surface area (Å²) in [4.78, 5) is 0. The molecule has 0 aliphatic carbocycles. The van der Waals surface area contributed by atoms with Crippen LogP contribution in [0.25, 0.3) is 0 Å². The molecule has 0 unspecified atom stereocenters. The number of rotatable bonds is 6. The van der Waals surface area contributed by atoms with Crippen molar-refractivity contribution in [3.63, 3.8) is 0 Å². The highest BCUT2D eigenvalue weighted by Gasteiger charge is 2.03. The minimum absolute atomic E-state index is 0.419. The van der Waals surface area contributed by atoms with Gasteiger partial charge in [0.05, 0.1) is 6.26 Å². The van der Waals surface area contributed by atoms with Crippen LogP contribution >= 0.6 is 0 Å². The Morgan fingerprint density at radius 3 is 2.11 bits per heavy atom. The number of benzene rings is 1. The standard InChI is InChI=1S/C13H22N2O2S/c1-10-7-11(2)13(12(3)8-10)9-14-5-6-15-18(4,16)17/h7-8,14-15H,5-6,9H2,1-4H3. The minimum atomic E-state index is -3.08. The molecule has 0 radical (unpaired) electrons. The van der Waals surface area contributed by atoms with E-state index in [4.69, 9.17) is 0 Å². The van der Waals surface area contributed by atoms with Gasteiger partial charge in [0, 0.05) is 19.6 Å². The molecule has 1 aromatic rings. The second kappa shape index (κ2) is 6.31. The number of aryl methyl sites for hydroxylation is 3. The molecule has 0 bridgehead atoms. The SMILES string of the molecule is Cc1cc(C)c(CNCCNS(C)(=O)=O)c(C)c1. The van der Waals surface area contributed by atoms with Crippen LogP contribution in [0.5, 0.6) is 0 Å². The molecule has 2 N–H and O–H groups in total. The first-order valence-corrected chi connectivity index (χ1v) is 7.91. The molecule has 1 rings (SSSR count). The molecule has 102 valence electrons. The van der Waals surface area contributed by atoms with Crippen LogP contribution in [0.1, 0.15) is 22.3 Å². The summed E-state index contributed by atoms with van der Waals surface area (Å²) >= 11 is 0. The van der Waals surface area contributed by atoms with Gasteiger partial charge in [-0.05, 0) is 37.5 Å². The first-order chi connectivity index (χ1) is 8.29. The summed E-state index contributed by atoms with van der Waals surface area (Å²) in [7, 11) is -3.08. The fourth-order valence-electron chi connectivity index (χ4n) is 2.03. The number of nitrogens with one attached hydrogen (secondary N) is 2. The molecule has 0 aliphatic heterocycles. The Hall–Kier alpha value is -0.910. The molecule has 0 heterocycles. The lowest BCUT2D eigenvalue weighted by Gasteiger charge is -2.12. The average molecular weight is 270 g/mol. The summed E-state index contributed by atoms with van der Waals surface area (Å²) in [5.41, 5.74) is 5.11. The smallest absolute Gasteiger partial charge is 0.208 e. The first kappa shape index (κ1) is 15.1. The zero-order valence-electron chi connectivity index (χ0n) is 11.5. The van der Waals surface area contributed by atoms with Crippen LogP contribution in [0.15, 0.2) is 12.1 Å². The summed E-state index contributed by atoms with van der Waals surface area (Å²) in [5, 5.41) is 3.25. The molecular formula is C13H22N2O2S. The van der Waals surface area contributed by atoms with Crippen LogP contribution in [-0.2, 0) is 16.6 Å². The molecule has 18 heavy (non-hydrogen) atoms. The van der Waals surface area contributed by atoms with Gasteiger partial charge in [0.2, 0.25) is 10.0 Å². The van der Waals surface area contributed by atoms with Crippen LogP contribution in [0, 0.1) is 20.8 Å². The summed E-state index contributed by atoms with van der Waals surface area (Å²) in [6.07, 6.45) is 1.17. The van der Waals surface area contributed by atoms with Crippen molar-refractivity contribution in [3.05, 3.63) is 34.4 Å². The van der Waals surface area contributed by atoms with E-state index in [1.54, 1.807) is 0 Å². The van der Waals surface area contributed by atoms with Gasteiger partial charge in [-0.2, -0.15) is 0 Å². The third-order valence-electron chi connectivity index (χ3n) is 2.81. The molecule has 0 fully saturated rings. The van der Waals surface area contributed by atoms with E-state index < -0.39 is 10.0 Å². The van der Waals surface area contributed by atoms with Gasteiger partial charge in [-0.1, -0.05) is 17.7 Å². The average Bonchev–Trinajstić information content (AvgIpc) is 2.19. The van der Waals surface area contributed by atoms with Gasteiger partial charge in [0.15, 0.2) is 0 Å². The fourth-order valence-corrected chi connectivity index (χ4v) is 2.50. The van der Waals surface area contributed by atoms with Crippen molar-refractivity contribution in [1.29, 1.82) is 0 Å². The molecule has 0 saturated carbocycles. The predicted molar refractivity (Wildman–Crippen MR) is 75.2 cm³/mol. The molecule has 5 heteroatoms. The molecule has 0 atom stereocenters. The Bertz CT molecular complexity index is 487. The first-order valence-electron chi connectivity index (χ1n) is 6.01. The zero-order valence-corrected chi connectivity index (χ0v) is 12.3. The van der Waals surface area contributed by atoms with E-state index >= 15 is 0 Å². The van der Waals surface area contributed by atoms with E-state index in [2.05, 4.69) is 42.9 Å². The zero-order chi connectivity index (χ0) is 13.8. The lowest BCUT2D eigenvalue weighted by atomic mass is 10.00. The van der Waals surface area contributed by atoms with Gasteiger partial charge in [-0.25, -0.2) is 13.1 Å². The molecule has 0 spiro atoms. The van der Waals surface area contributed by atoms with E-state index in [0.717, 1.165) is 6.54 Å². The highest BCUT2D eigenvalue weighted by molar-refractivity contribution is 7.88. The minimum Gasteiger partial charge on any atom is -0.311 e. The number of hydrogen-bond acceptors (Lipinski definition) is 3. The Balaban J connectivity index is 2.45. The Morgan fingerprint density at radius 1 is 1.06 bits per heavy atom. The van der Waals surface area contributed by atoms with E-state index in [9.17, 15) is 8.42 Å². The lowest BCUT2D eigenvalue weighted by Crippen LogP contribution is -2.31. The van der Waals surface area contributed by atoms with Crippen LogP contribution in [0.3, 0.4) is 0 Å². The molecule has 1 aromatic carbocycles. The van der Waals surface area contributed by atoms with Gasteiger partial charge in [-0.3, -0.25) is 0 Å². The van der Waals surface area contributed by atoms with Gasteiger partial charge in [-0.15, -0.1) is 0 Å². The van der Waals surface area contributed by atoms with Gasteiger partial charge in [0.25, 0.3) is 0 Å². The van der Waals surface area contributed by atoms with Crippen LogP contribution in [0.2, 0.25) is 0 Å². The van der Waals surface area contributed by atoms with Crippen molar-refractivity contribution in [2.24, 2.45) is 0 Å². The Kier molecular flexibility index (Phi) is 5.31. The molecule has 0 aromatic heterocycles. The number of sulfonamides is 1. The molecule has 0 saturated heterocycles. The van der Waals surface area contributed by atoms with Crippen molar-refractivity contribution in [2.75, 3.05) is 19.3 Å². The lowest BCUT2D eigenvalue weighted by molar-refractivity contribution is 0.581. The third-order valence-corrected chi connectivity index (χ3v) is 3.54. The van der Waals surface area contributed by atoms with Gasteiger partial charge in [0.1, 0.15) is 0 Å². The molecular weight excluding hydrogens is 248 g/mol. The van der Waals surface area contributed by atoms with E-state index in [0.29, 0.717) is 13.1 Å². The highest BCUT2D eigenvalue weighted by Crippen LogP contribution is 2.15. The molecule has 4 nitrogen and oxygen atoms in total. The molecule has 0 amide bonds. The quantitative estimate of drug-likeness (QED) is 0.765. The van der Waals surface area contributed by atoms with Crippen LogP contribution in [-0.4, -0.2) is 27.8 Å². The maximum absolute atomic E-state index is 10.9. The Labute approximate surface area is 110 Å². The van der Waals surface area contributed by atoms with Crippen molar-refractivity contribution >= 4 is 10.0 Å². The monoisotopic (exact) mass is 270 g/mol. The van der Waals surface area contributed by atoms with Crippen LogP contribution in [0.4, 0.5) is 0 Å². The Morgan fingerprint density at radius 2 is 1.61 bits per heavy atom. The summed E-state index contributed by atoms with van der Waals surface area (Å²) in [6, 6.07) is 4.33. The maximum Gasteiger partial charge on any atom is 0.208 e. The van der Waals surface area contributed by atoms with E-state index in [1.807, 2.05) is 0 Å². The second-order valence-electron chi connectivity index (χ2n) is 4.72. The largest absolute Gasteiger partial charge is 0.311 e. The van der Waals surface area contributed by atoms with Crippen molar-refractivity contribution in [3.8, 4) is 0 Å². The van der Waals surface area contributed by atoms with Crippen molar-refractivity contribution in [1.82, 2.24) is 10.0 Å². The van der Waals surface area contributed by atoms with Crippen LogP contribution < -0.4 is 10.0 Å². The highest BCUT2D eigenvalue weighted by atomic mass is 32.2. The van der Waals surface area contributed by atoms with E-state index in [-0.39, 0.29) is 0 Å². The summed E-state index contributed by atoms with van der Waals surface area (Å²) in [5.74, 6) is 0. The second-order valence-corrected chi connectivity index (χ2v) is 6.55. The normalized spacial score (nSPS) is 11.8. The maximum atomic E-state index is 10.9. The summed E-state index contributed by atoms with van der Waals surface area (Å²) < 4.78 is 24.2. The van der Waals surface area contributed by atoms with Crippen molar-refractivity contribution < 1.29 is 8.42 Å². The summed E-state index contributed by atoms with van der Waals surface area (Å²) in [6.45, 7) is 8.11. The number of hydrogen-bond donors (Lipinski definition) is 2. The molecule has 0 aliphatic rings. The van der Waals surface area contributed by atoms with Gasteiger partial charge < -0.3 is 5.32 Å². The van der Waals surface area contributed by atoms with Crippen molar-refractivity contribution in [2.45, 2.75) is 27.3 Å². The third kappa shape index (κ3) is 5.16. The van der Waals surface area contributed by atoms with E-state index in [1.165, 1.54) is 28.5 Å². The van der Waals surface area contributed by atoms with Gasteiger partial charge >= 0.3 is 0 Å².